The first kappa shape index (κ1) is 14.0. The minimum atomic E-state index is -4.00. The average molecular weight is 300 g/mol. The maximum atomic E-state index is 12.2. The van der Waals surface area contributed by atoms with Gasteiger partial charge >= 0.3 is 5.97 Å². The molecule has 10 nitrogen and oxygen atoms in total. The molecule has 11 heteroatoms. The van der Waals surface area contributed by atoms with E-state index in [0.29, 0.717) is 0 Å². The number of nitrogens with zero attached hydrogens (tertiary/aromatic N) is 4. The van der Waals surface area contributed by atoms with Crippen molar-refractivity contribution in [1.82, 2.24) is 25.2 Å². The molecule has 0 saturated carbocycles. The lowest BCUT2D eigenvalue weighted by Crippen LogP contribution is -2.16. The number of aromatic amines is 1. The van der Waals surface area contributed by atoms with Gasteiger partial charge in [0.2, 0.25) is 0 Å². The van der Waals surface area contributed by atoms with Crippen molar-refractivity contribution in [2.75, 3.05) is 4.72 Å². The van der Waals surface area contributed by atoms with E-state index in [1.54, 1.807) is 0 Å². The second-order valence-corrected chi connectivity index (χ2v) is 5.71. The van der Waals surface area contributed by atoms with Crippen molar-refractivity contribution in [3.63, 3.8) is 0 Å². The molecule has 0 spiro atoms. The van der Waals surface area contributed by atoms with Crippen molar-refractivity contribution < 1.29 is 18.3 Å². The van der Waals surface area contributed by atoms with Crippen molar-refractivity contribution in [1.29, 1.82) is 0 Å². The van der Waals surface area contributed by atoms with Crippen LogP contribution in [0.3, 0.4) is 0 Å². The molecule has 0 saturated heterocycles. The molecule has 3 N–H and O–H groups in total. The fourth-order valence-electron chi connectivity index (χ4n) is 1.85. The first-order valence-electron chi connectivity index (χ1n) is 5.41. The van der Waals surface area contributed by atoms with Gasteiger partial charge in [0, 0.05) is 11.3 Å². The molecule has 0 aliphatic carbocycles. The van der Waals surface area contributed by atoms with E-state index in [2.05, 4.69) is 25.1 Å². The van der Waals surface area contributed by atoms with Crippen LogP contribution in [0.2, 0.25) is 0 Å². The molecule has 0 aliphatic heterocycles. The van der Waals surface area contributed by atoms with Crippen LogP contribution in [0, 0.1) is 13.8 Å². The van der Waals surface area contributed by atoms with E-state index in [0.717, 1.165) is 4.80 Å². The number of tetrazole rings is 1. The number of rotatable bonds is 4. The average Bonchev–Trinajstić information content (AvgIpc) is 2.82. The minimum absolute atomic E-state index is 0.117. The Labute approximate surface area is 113 Å². The maximum Gasteiger partial charge on any atom is 0.352 e. The van der Waals surface area contributed by atoms with Crippen molar-refractivity contribution in [2.45, 2.75) is 18.7 Å². The highest BCUT2D eigenvalue weighted by molar-refractivity contribution is 7.92. The van der Waals surface area contributed by atoms with Crippen LogP contribution in [0.15, 0.2) is 4.90 Å². The number of aryl methyl sites for hydroxylation is 2. The normalized spacial score (nSPS) is 11.6. The van der Waals surface area contributed by atoms with Gasteiger partial charge in [-0.1, -0.05) is 5.10 Å². The van der Waals surface area contributed by atoms with Gasteiger partial charge in [-0.05, 0) is 19.1 Å². The van der Waals surface area contributed by atoms with Crippen LogP contribution >= 0.6 is 0 Å². The van der Waals surface area contributed by atoms with Gasteiger partial charge in [-0.2, -0.15) is 4.80 Å². The van der Waals surface area contributed by atoms with Gasteiger partial charge in [0.25, 0.3) is 16.0 Å². The largest absolute Gasteiger partial charge is 0.477 e. The number of hydrogen-bond acceptors (Lipinski definition) is 6. The molecule has 2 aromatic heterocycles. The fourth-order valence-corrected chi connectivity index (χ4v) is 3.23. The Bertz CT molecular complexity index is 774. The first-order chi connectivity index (χ1) is 9.22. The molecule has 0 fully saturated rings. The van der Waals surface area contributed by atoms with Crippen molar-refractivity contribution in [3.8, 4) is 0 Å². The SMILES string of the molecule is Cc1[nH]c(C(=O)O)c(C)c1S(=O)(=O)Nc1nnn(C)n1. The predicted molar refractivity (Wildman–Crippen MR) is 66.8 cm³/mol. The number of nitrogens with one attached hydrogen (secondary N) is 2. The van der Waals surface area contributed by atoms with E-state index in [-0.39, 0.29) is 27.8 Å². The lowest BCUT2D eigenvalue weighted by molar-refractivity contribution is 0.0690. The van der Waals surface area contributed by atoms with Gasteiger partial charge < -0.3 is 10.1 Å². The number of aromatic carboxylic acids is 1. The first-order valence-corrected chi connectivity index (χ1v) is 6.90. The summed E-state index contributed by atoms with van der Waals surface area (Å²) in [5.74, 6) is -1.42. The molecule has 0 bridgehead atoms. The molecule has 0 unspecified atom stereocenters. The number of carbonyl (C=O) groups is 1. The van der Waals surface area contributed by atoms with Gasteiger partial charge in [0.1, 0.15) is 10.6 Å². The summed E-state index contributed by atoms with van der Waals surface area (Å²) in [6.07, 6.45) is 0. The Morgan fingerprint density at radius 1 is 1.40 bits per heavy atom. The lowest BCUT2D eigenvalue weighted by Gasteiger charge is -2.04. The highest BCUT2D eigenvalue weighted by Gasteiger charge is 2.27. The summed E-state index contributed by atoms with van der Waals surface area (Å²) in [6, 6.07) is 0. The molecule has 2 rings (SSSR count). The van der Waals surface area contributed by atoms with Crippen LogP contribution in [0.5, 0.6) is 0 Å². The molecule has 0 radical (unpaired) electrons. The molecular formula is C9H12N6O4S. The molecular weight excluding hydrogens is 288 g/mol. The van der Waals surface area contributed by atoms with Crippen molar-refractivity contribution >= 4 is 21.9 Å². The molecule has 0 aliphatic rings. The maximum absolute atomic E-state index is 12.2. The summed E-state index contributed by atoms with van der Waals surface area (Å²) in [6.45, 7) is 2.88. The van der Waals surface area contributed by atoms with Gasteiger partial charge in [-0.3, -0.25) is 0 Å². The second-order valence-electron chi connectivity index (χ2n) is 4.09. The Morgan fingerprint density at radius 3 is 2.50 bits per heavy atom. The van der Waals surface area contributed by atoms with Crippen LogP contribution in [-0.2, 0) is 17.1 Å². The monoisotopic (exact) mass is 300 g/mol. The quantitative estimate of drug-likeness (QED) is 0.700. The summed E-state index contributed by atoms with van der Waals surface area (Å²) in [7, 11) is -2.51. The van der Waals surface area contributed by atoms with E-state index >= 15 is 0 Å². The summed E-state index contributed by atoms with van der Waals surface area (Å²) in [4.78, 5) is 14.5. The van der Waals surface area contributed by atoms with Gasteiger partial charge in [0.15, 0.2) is 0 Å². The molecule has 20 heavy (non-hydrogen) atoms. The molecule has 0 amide bonds. The third kappa shape index (κ3) is 2.34. The highest BCUT2D eigenvalue weighted by atomic mass is 32.2. The zero-order valence-corrected chi connectivity index (χ0v) is 11.7. The number of carboxylic acids is 1. The Kier molecular flexibility index (Phi) is 3.21. The number of aromatic nitrogens is 5. The van der Waals surface area contributed by atoms with Crippen molar-refractivity contribution in [2.24, 2.45) is 7.05 Å². The molecule has 108 valence electrons. The van der Waals surface area contributed by atoms with E-state index < -0.39 is 16.0 Å². The van der Waals surface area contributed by atoms with Gasteiger partial charge in [-0.15, -0.1) is 5.10 Å². The summed E-state index contributed by atoms with van der Waals surface area (Å²) in [5, 5.41) is 19.7. The van der Waals surface area contributed by atoms with Gasteiger partial charge in [0.05, 0.1) is 7.05 Å². The van der Waals surface area contributed by atoms with Crippen LogP contribution in [0.25, 0.3) is 0 Å². The zero-order valence-electron chi connectivity index (χ0n) is 10.9. The fraction of sp³-hybridized carbons (Fsp3) is 0.333. The van der Waals surface area contributed by atoms with Crippen molar-refractivity contribution in [3.05, 3.63) is 17.0 Å². The van der Waals surface area contributed by atoms with E-state index in [9.17, 15) is 13.2 Å². The third-order valence-corrected chi connectivity index (χ3v) is 4.19. The van der Waals surface area contributed by atoms with Crippen LogP contribution in [-0.4, -0.2) is 44.7 Å². The predicted octanol–water partition coefficient (Wildman–Crippen LogP) is -0.346. The van der Waals surface area contributed by atoms with Crippen LogP contribution < -0.4 is 4.72 Å². The van der Waals surface area contributed by atoms with Gasteiger partial charge in [-0.25, -0.2) is 17.9 Å². The summed E-state index contributed by atoms with van der Waals surface area (Å²) < 4.78 is 26.6. The minimum Gasteiger partial charge on any atom is -0.477 e. The third-order valence-electron chi connectivity index (χ3n) is 2.59. The number of sulfonamides is 1. The summed E-state index contributed by atoms with van der Waals surface area (Å²) >= 11 is 0. The van der Waals surface area contributed by atoms with E-state index in [1.165, 1.54) is 20.9 Å². The summed E-state index contributed by atoms with van der Waals surface area (Å²) in [5.41, 5.74) is 0.165. The van der Waals surface area contributed by atoms with E-state index in [4.69, 9.17) is 5.11 Å². The molecule has 2 aromatic rings. The standard InChI is InChI=1S/C9H12N6O4S/c1-4-6(8(16)17)10-5(2)7(4)20(18,19)13-9-11-14-15(3)12-9/h10H,1-3H3,(H,12,13)(H,16,17). The number of hydrogen-bond donors (Lipinski definition) is 3. The van der Waals surface area contributed by atoms with Crippen LogP contribution in [0.4, 0.5) is 5.95 Å². The second kappa shape index (κ2) is 4.59. The number of H-pyrrole nitrogens is 1. The Balaban J connectivity index is 2.47. The van der Waals surface area contributed by atoms with E-state index in [1.807, 2.05) is 0 Å². The smallest absolute Gasteiger partial charge is 0.352 e. The number of anilines is 1. The molecule has 0 atom stereocenters. The number of carboxylic acid groups (broad SMARTS) is 1. The Morgan fingerprint density at radius 2 is 2.05 bits per heavy atom. The lowest BCUT2D eigenvalue weighted by atomic mass is 10.2. The molecule has 0 aromatic carbocycles. The van der Waals surface area contributed by atoms with Crippen LogP contribution in [0.1, 0.15) is 21.7 Å². The zero-order chi connectivity index (χ0) is 15.1. The molecule has 2 heterocycles. The highest BCUT2D eigenvalue weighted by Crippen LogP contribution is 2.24. The Hall–Kier alpha value is -2.43. The topological polar surface area (TPSA) is 143 Å².